The first-order valence-electron chi connectivity index (χ1n) is 7.88. The molecule has 1 saturated heterocycles. The fourth-order valence-corrected chi connectivity index (χ4v) is 6.25. The highest BCUT2D eigenvalue weighted by atomic mass is 32.2. The first kappa shape index (κ1) is 17.0. The van der Waals surface area contributed by atoms with Gasteiger partial charge in [0.2, 0.25) is 0 Å². The summed E-state index contributed by atoms with van der Waals surface area (Å²) >= 11 is 4.31. The molecule has 3 atom stereocenters. The molecule has 0 aliphatic carbocycles. The number of benzene rings is 1. The third-order valence-electron chi connectivity index (χ3n) is 3.99. The molecule has 1 N–H and O–H groups in total. The molecule has 1 aromatic rings. The van der Waals surface area contributed by atoms with Gasteiger partial charge in [-0.05, 0) is 31.0 Å². The normalized spacial score (nSPS) is 23.8. The Labute approximate surface area is 137 Å². The molecule has 0 amide bonds. The van der Waals surface area contributed by atoms with E-state index in [1.54, 1.807) is 7.11 Å². The highest BCUT2D eigenvalue weighted by Gasteiger charge is 2.32. The van der Waals surface area contributed by atoms with Gasteiger partial charge in [0, 0.05) is 28.0 Å². The van der Waals surface area contributed by atoms with Gasteiger partial charge in [-0.3, -0.25) is 0 Å². The fraction of sp³-hybridized carbons (Fsp3) is 0.647. The molecule has 0 saturated carbocycles. The Kier molecular flexibility index (Phi) is 7.27. The van der Waals surface area contributed by atoms with E-state index in [0.717, 1.165) is 24.0 Å². The van der Waals surface area contributed by atoms with Gasteiger partial charge in [0.1, 0.15) is 5.75 Å². The van der Waals surface area contributed by atoms with Gasteiger partial charge in [0.25, 0.3) is 0 Å². The summed E-state index contributed by atoms with van der Waals surface area (Å²) in [6, 6.07) is 8.95. The molecule has 0 spiro atoms. The summed E-state index contributed by atoms with van der Waals surface area (Å²) in [6.45, 7) is 5.55. The van der Waals surface area contributed by atoms with Crippen molar-refractivity contribution in [1.82, 2.24) is 5.32 Å². The number of methoxy groups -OCH3 is 1. The van der Waals surface area contributed by atoms with Crippen molar-refractivity contribution >= 4 is 23.5 Å². The summed E-state index contributed by atoms with van der Waals surface area (Å²) in [5, 5.41) is 5.19. The van der Waals surface area contributed by atoms with Crippen molar-refractivity contribution in [2.75, 3.05) is 25.2 Å². The van der Waals surface area contributed by atoms with Gasteiger partial charge in [-0.15, -0.1) is 0 Å². The van der Waals surface area contributed by atoms with Crippen LogP contribution in [0.2, 0.25) is 0 Å². The van der Waals surface area contributed by atoms with Gasteiger partial charge in [0.05, 0.1) is 7.11 Å². The molecule has 0 aromatic heterocycles. The average Bonchev–Trinajstić information content (AvgIpc) is 2.55. The Morgan fingerprint density at radius 2 is 2.00 bits per heavy atom. The number of hydrogen-bond acceptors (Lipinski definition) is 4. The molecule has 1 aromatic carbocycles. The van der Waals surface area contributed by atoms with Crippen LogP contribution < -0.4 is 10.1 Å². The zero-order chi connectivity index (χ0) is 15.1. The molecule has 4 heteroatoms. The number of hydrogen-bond donors (Lipinski definition) is 1. The van der Waals surface area contributed by atoms with Crippen LogP contribution in [-0.2, 0) is 6.42 Å². The van der Waals surface area contributed by atoms with E-state index in [0.29, 0.717) is 11.3 Å². The third-order valence-corrected chi connectivity index (χ3v) is 7.40. The van der Waals surface area contributed by atoms with E-state index in [1.165, 1.54) is 23.5 Å². The average molecular weight is 326 g/mol. The van der Waals surface area contributed by atoms with Gasteiger partial charge >= 0.3 is 0 Å². The Morgan fingerprint density at radius 1 is 1.24 bits per heavy atom. The molecule has 0 radical (unpaired) electrons. The standard InChI is InChI=1S/C17H27NOS2/c1-4-16-17(21-11-10-20-16)14(18-5-2)12-13-8-6-7-9-15(13)19-3/h6-9,14,16-18H,4-5,10-12H2,1-3H3. The van der Waals surface area contributed by atoms with Crippen molar-refractivity contribution in [3.8, 4) is 5.75 Å². The number of likely N-dealkylation sites (N-methyl/N-ethyl adjacent to an activating group) is 1. The zero-order valence-corrected chi connectivity index (χ0v) is 14.9. The van der Waals surface area contributed by atoms with Crippen LogP contribution in [-0.4, -0.2) is 41.7 Å². The van der Waals surface area contributed by atoms with Gasteiger partial charge in [-0.2, -0.15) is 23.5 Å². The van der Waals surface area contributed by atoms with Crippen LogP contribution in [0, 0.1) is 0 Å². The lowest BCUT2D eigenvalue weighted by molar-refractivity contribution is 0.403. The lowest BCUT2D eigenvalue weighted by atomic mass is 9.99. The SMILES string of the molecule is CCNC(Cc1ccccc1OC)C1SCCSC1CC. The summed E-state index contributed by atoms with van der Waals surface area (Å²) < 4.78 is 5.53. The first-order valence-corrected chi connectivity index (χ1v) is 9.98. The van der Waals surface area contributed by atoms with E-state index >= 15 is 0 Å². The van der Waals surface area contributed by atoms with Gasteiger partial charge < -0.3 is 10.1 Å². The van der Waals surface area contributed by atoms with Crippen molar-refractivity contribution in [1.29, 1.82) is 0 Å². The quantitative estimate of drug-likeness (QED) is 0.822. The predicted molar refractivity (Wildman–Crippen MR) is 96.9 cm³/mol. The number of nitrogens with one attached hydrogen (secondary N) is 1. The maximum atomic E-state index is 5.53. The molecule has 1 aliphatic heterocycles. The lowest BCUT2D eigenvalue weighted by Gasteiger charge is -2.36. The second kappa shape index (κ2) is 8.96. The maximum Gasteiger partial charge on any atom is 0.122 e. The van der Waals surface area contributed by atoms with E-state index in [9.17, 15) is 0 Å². The summed E-state index contributed by atoms with van der Waals surface area (Å²) in [6.07, 6.45) is 2.31. The lowest BCUT2D eigenvalue weighted by Crippen LogP contribution is -2.46. The molecular weight excluding hydrogens is 298 g/mol. The molecule has 21 heavy (non-hydrogen) atoms. The second-order valence-electron chi connectivity index (χ2n) is 5.33. The van der Waals surface area contributed by atoms with Crippen LogP contribution in [0.1, 0.15) is 25.8 Å². The Hall–Kier alpha value is -0.320. The van der Waals surface area contributed by atoms with E-state index in [-0.39, 0.29) is 0 Å². The smallest absolute Gasteiger partial charge is 0.122 e. The first-order chi connectivity index (χ1) is 10.3. The van der Waals surface area contributed by atoms with Crippen LogP contribution in [0.3, 0.4) is 0 Å². The van der Waals surface area contributed by atoms with Crippen molar-refractivity contribution in [3.63, 3.8) is 0 Å². The van der Waals surface area contributed by atoms with E-state index in [2.05, 4.69) is 60.9 Å². The van der Waals surface area contributed by atoms with Crippen LogP contribution >= 0.6 is 23.5 Å². The van der Waals surface area contributed by atoms with Gasteiger partial charge in [-0.1, -0.05) is 32.0 Å². The Morgan fingerprint density at radius 3 is 2.71 bits per heavy atom. The van der Waals surface area contributed by atoms with Crippen LogP contribution in [0.15, 0.2) is 24.3 Å². The van der Waals surface area contributed by atoms with Crippen LogP contribution in [0.25, 0.3) is 0 Å². The molecule has 2 nitrogen and oxygen atoms in total. The summed E-state index contributed by atoms with van der Waals surface area (Å²) in [7, 11) is 1.77. The summed E-state index contributed by atoms with van der Waals surface area (Å²) in [5.41, 5.74) is 1.32. The molecule has 1 aliphatic rings. The predicted octanol–water partition coefficient (Wildman–Crippen LogP) is 3.84. The van der Waals surface area contributed by atoms with Gasteiger partial charge in [0.15, 0.2) is 0 Å². The highest BCUT2D eigenvalue weighted by molar-refractivity contribution is 8.07. The second-order valence-corrected chi connectivity index (χ2v) is 7.97. The van der Waals surface area contributed by atoms with Crippen LogP contribution in [0.5, 0.6) is 5.75 Å². The maximum absolute atomic E-state index is 5.53. The summed E-state index contributed by atoms with van der Waals surface area (Å²) in [4.78, 5) is 0. The topological polar surface area (TPSA) is 21.3 Å². The number of thioether (sulfide) groups is 2. The Bertz CT molecular complexity index is 427. The van der Waals surface area contributed by atoms with Crippen molar-refractivity contribution in [3.05, 3.63) is 29.8 Å². The summed E-state index contributed by atoms with van der Waals surface area (Å²) in [5.74, 6) is 3.59. The highest BCUT2D eigenvalue weighted by Crippen LogP contribution is 2.36. The number of rotatable bonds is 7. The van der Waals surface area contributed by atoms with Gasteiger partial charge in [-0.25, -0.2) is 0 Å². The fourth-order valence-electron chi connectivity index (χ4n) is 2.99. The monoisotopic (exact) mass is 325 g/mol. The molecule has 1 fully saturated rings. The van der Waals surface area contributed by atoms with Crippen molar-refractivity contribution < 1.29 is 4.74 Å². The molecular formula is C17H27NOS2. The number of ether oxygens (including phenoxy) is 1. The van der Waals surface area contributed by atoms with E-state index in [4.69, 9.17) is 4.74 Å². The molecule has 0 bridgehead atoms. The molecule has 118 valence electrons. The Balaban J connectivity index is 2.14. The number of para-hydroxylation sites is 1. The molecule has 2 rings (SSSR count). The van der Waals surface area contributed by atoms with Crippen LogP contribution in [0.4, 0.5) is 0 Å². The van der Waals surface area contributed by atoms with E-state index in [1.807, 2.05) is 6.07 Å². The molecule has 1 heterocycles. The van der Waals surface area contributed by atoms with E-state index < -0.39 is 0 Å². The third kappa shape index (κ3) is 4.57. The minimum atomic E-state index is 0.522. The molecule has 3 unspecified atom stereocenters. The minimum Gasteiger partial charge on any atom is -0.496 e. The van der Waals surface area contributed by atoms with Crippen molar-refractivity contribution in [2.24, 2.45) is 0 Å². The largest absolute Gasteiger partial charge is 0.496 e. The minimum absolute atomic E-state index is 0.522. The zero-order valence-electron chi connectivity index (χ0n) is 13.3. The van der Waals surface area contributed by atoms with Crippen molar-refractivity contribution in [2.45, 2.75) is 43.2 Å².